The van der Waals surface area contributed by atoms with Crippen LogP contribution in [-0.4, -0.2) is 59.9 Å². The van der Waals surface area contributed by atoms with Crippen LogP contribution in [0.25, 0.3) is 0 Å². The van der Waals surface area contributed by atoms with Gasteiger partial charge in [-0.25, -0.2) is 0 Å². The molecule has 1 aromatic heterocycles. The zero-order valence-corrected chi connectivity index (χ0v) is 14.6. The number of methoxy groups -OCH3 is 1. The number of aromatic nitrogens is 1. The van der Waals surface area contributed by atoms with Crippen LogP contribution in [0.5, 0.6) is 5.75 Å². The molecule has 1 saturated heterocycles. The second-order valence-electron chi connectivity index (χ2n) is 6.24. The van der Waals surface area contributed by atoms with Crippen molar-refractivity contribution < 1.29 is 14.3 Å². The zero-order chi connectivity index (χ0) is 17.8. The summed E-state index contributed by atoms with van der Waals surface area (Å²) in [6.07, 6.45) is 4.20. The molecule has 0 bridgehead atoms. The van der Waals surface area contributed by atoms with Gasteiger partial charge in [-0.2, -0.15) is 0 Å². The van der Waals surface area contributed by atoms with Gasteiger partial charge in [0.2, 0.25) is 0 Å². The van der Waals surface area contributed by atoms with Gasteiger partial charge in [0.1, 0.15) is 5.75 Å². The third kappa shape index (κ3) is 3.68. The SMILES string of the molecule is COc1ccc(C)cc1C(=O)N1CCCN(C(=O)c2cc[nH]c2)CC1. The molecule has 1 fully saturated rings. The quantitative estimate of drug-likeness (QED) is 0.932. The van der Waals surface area contributed by atoms with Crippen molar-refractivity contribution in [1.82, 2.24) is 14.8 Å². The summed E-state index contributed by atoms with van der Waals surface area (Å²) in [5.41, 5.74) is 2.25. The van der Waals surface area contributed by atoms with Crippen molar-refractivity contribution >= 4 is 11.8 Å². The average Bonchev–Trinajstić information content (AvgIpc) is 3.05. The van der Waals surface area contributed by atoms with E-state index in [1.54, 1.807) is 25.6 Å². The van der Waals surface area contributed by atoms with E-state index in [2.05, 4.69) is 4.98 Å². The van der Waals surface area contributed by atoms with Crippen LogP contribution < -0.4 is 4.74 Å². The first-order valence-corrected chi connectivity index (χ1v) is 8.46. The van der Waals surface area contributed by atoms with Crippen LogP contribution in [0.3, 0.4) is 0 Å². The normalized spacial score (nSPS) is 15.0. The molecule has 3 rings (SSSR count). The molecule has 2 amide bonds. The number of aryl methyl sites for hydroxylation is 1. The van der Waals surface area contributed by atoms with Gasteiger partial charge in [0.15, 0.2) is 0 Å². The number of rotatable bonds is 3. The van der Waals surface area contributed by atoms with E-state index in [1.165, 1.54) is 0 Å². The van der Waals surface area contributed by atoms with Gasteiger partial charge in [-0.05, 0) is 31.5 Å². The zero-order valence-electron chi connectivity index (χ0n) is 14.6. The van der Waals surface area contributed by atoms with Gasteiger partial charge in [0.05, 0.1) is 18.2 Å². The number of carbonyl (C=O) groups excluding carboxylic acids is 2. The fourth-order valence-electron chi connectivity index (χ4n) is 3.12. The van der Waals surface area contributed by atoms with Gasteiger partial charge in [-0.3, -0.25) is 9.59 Å². The maximum Gasteiger partial charge on any atom is 0.257 e. The van der Waals surface area contributed by atoms with Crippen molar-refractivity contribution in [2.75, 3.05) is 33.3 Å². The molecule has 1 aromatic carbocycles. The minimum atomic E-state index is -0.0449. The van der Waals surface area contributed by atoms with Crippen molar-refractivity contribution in [3.8, 4) is 5.75 Å². The molecule has 1 aliphatic heterocycles. The number of hydrogen-bond acceptors (Lipinski definition) is 3. The lowest BCUT2D eigenvalue weighted by Gasteiger charge is -2.23. The Bertz CT molecular complexity index is 755. The fraction of sp³-hybridized carbons (Fsp3) is 0.368. The smallest absolute Gasteiger partial charge is 0.257 e. The van der Waals surface area contributed by atoms with E-state index >= 15 is 0 Å². The van der Waals surface area contributed by atoms with Crippen molar-refractivity contribution in [2.24, 2.45) is 0 Å². The summed E-state index contributed by atoms with van der Waals surface area (Å²) in [5, 5.41) is 0. The summed E-state index contributed by atoms with van der Waals surface area (Å²) in [6.45, 7) is 4.29. The van der Waals surface area contributed by atoms with Gasteiger partial charge in [0.25, 0.3) is 11.8 Å². The molecule has 2 heterocycles. The number of ether oxygens (including phenoxy) is 1. The minimum Gasteiger partial charge on any atom is -0.496 e. The maximum absolute atomic E-state index is 12.9. The molecular weight excluding hydrogens is 318 g/mol. The second kappa shape index (κ2) is 7.42. The van der Waals surface area contributed by atoms with Crippen LogP contribution in [0.15, 0.2) is 36.7 Å². The van der Waals surface area contributed by atoms with E-state index in [4.69, 9.17) is 4.74 Å². The minimum absolute atomic E-state index is 0.00341. The predicted octanol–water partition coefficient (Wildman–Crippen LogP) is 2.32. The van der Waals surface area contributed by atoms with Crippen LogP contribution in [0.1, 0.15) is 32.7 Å². The molecule has 1 N–H and O–H groups in total. The first-order valence-electron chi connectivity index (χ1n) is 8.46. The molecule has 6 nitrogen and oxygen atoms in total. The number of H-pyrrole nitrogens is 1. The Labute approximate surface area is 147 Å². The van der Waals surface area contributed by atoms with Gasteiger partial charge >= 0.3 is 0 Å². The highest BCUT2D eigenvalue weighted by Crippen LogP contribution is 2.22. The van der Waals surface area contributed by atoms with Gasteiger partial charge in [-0.15, -0.1) is 0 Å². The molecule has 0 spiro atoms. The molecule has 0 saturated carbocycles. The lowest BCUT2D eigenvalue weighted by Crippen LogP contribution is -2.37. The Kier molecular flexibility index (Phi) is 5.07. The maximum atomic E-state index is 12.9. The van der Waals surface area contributed by atoms with Crippen LogP contribution in [0.4, 0.5) is 0 Å². The number of benzene rings is 1. The van der Waals surface area contributed by atoms with E-state index in [0.717, 1.165) is 12.0 Å². The highest BCUT2D eigenvalue weighted by molar-refractivity contribution is 5.97. The predicted molar refractivity (Wildman–Crippen MR) is 94.9 cm³/mol. The van der Waals surface area contributed by atoms with Crippen LogP contribution in [0.2, 0.25) is 0 Å². The number of hydrogen-bond donors (Lipinski definition) is 1. The van der Waals surface area contributed by atoms with E-state index in [9.17, 15) is 9.59 Å². The number of aromatic amines is 1. The highest BCUT2D eigenvalue weighted by atomic mass is 16.5. The van der Waals surface area contributed by atoms with Crippen molar-refractivity contribution in [2.45, 2.75) is 13.3 Å². The van der Waals surface area contributed by atoms with E-state index in [-0.39, 0.29) is 11.8 Å². The molecule has 25 heavy (non-hydrogen) atoms. The molecule has 6 heteroatoms. The molecule has 0 aliphatic carbocycles. The summed E-state index contributed by atoms with van der Waals surface area (Å²) >= 11 is 0. The van der Waals surface area contributed by atoms with Gasteiger partial charge in [0, 0.05) is 38.6 Å². The van der Waals surface area contributed by atoms with Crippen molar-refractivity contribution in [3.05, 3.63) is 53.3 Å². The summed E-state index contributed by atoms with van der Waals surface area (Å²) in [6, 6.07) is 7.37. The summed E-state index contributed by atoms with van der Waals surface area (Å²) in [5.74, 6) is 0.542. The standard InChI is InChI=1S/C19H23N3O3/c1-14-4-5-17(25-2)16(12-14)19(24)22-9-3-8-21(10-11-22)18(23)15-6-7-20-13-15/h4-7,12-13,20H,3,8-11H2,1-2H3. The summed E-state index contributed by atoms with van der Waals surface area (Å²) in [4.78, 5) is 31.9. The largest absolute Gasteiger partial charge is 0.496 e. The molecule has 0 unspecified atom stereocenters. The topological polar surface area (TPSA) is 65.6 Å². The van der Waals surface area contributed by atoms with E-state index in [1.807, 2.05) is 34.9 Å². The van der Waals surface area contributed by atoms with Gasteiger partial charge < -0.3 is 19.5 Å². The van der Waals surface area contributed by atoms with E-state index in [0.29, 0.717) is 43.1 Å². The highest BCUT2D eigenvalue weighted by Gasteiger charge is 2.25. The lowest BCUT2D eigenvalue weighted by atomic mass is 10.1. The first-order chi connectivity index (χ1) is 12.1. The molecular formula is C19H23N3O3. The Hall–Kier alpha value is -2.76. The third-order valence-electron chi connectivity index (χ3n) is 4.50. The van der Waals surface area contributed by atoms with Crippen LogP contribution in [0, 0.1) is 6.92 Å². The Morgan fingerprint density at radius 1 is 1.04 bits per heavy atom. The molecule has 0 radical (unpaired) electrons. The molecule has 1 aliphatic rings. The van der Waals surface area contributed by atoms with Gasteiger partial charge in [-0.1, -0.05) is 11.6 Å². The number of amides is 2. The summed E-state index contributed by atoms with van der Waals surface area (Å²) < 4.78 is 5.34. The monoisotopic (exact) mass is 341 g/mol. The van der Waals surface area contributed by atoms with Crippen LogP contribution >= 0.6 is 0 Å². The van der Waals surface area contributed by atoms with Crippen molar-refractivity contribution in [3.63, 3.8) is 0 Å². The Morgan fingerprint density at radius 2 is 1.76 bits per heavy atom. The molecule has 0 atom stereocenters. The third-order valence-corrected chi connectivity index (χ3v) is 4.50. The Balaban J connectivity index is 1.72. The van der Waals surface area contributed by atoms with E-state index < -0.39 is 0 Å². The number of nitrogens with one attached hydrogen (secondary N) is 1. The molecule has 2 aromatic rings. The number of carbonyl (C=O) groups is 2. The summed E-state index contributed by atoms with van der Waals surface area (Å²) in [7, 11) is 1.57. The molecule has 132 valence electrons. The average molecular weight is 341 g/mol. The Morgan fingerprint density at radius 3 is 2.40 bits per heavy atom. The second-order valence-corrected chi connectivity index (χ2v) is 6.24. The first kappa shape index (κ1) is 17.1. The number of nitrogens with zero attached hydrogens (tertiary/aromatic N) is 2. The lowest BCUT2D eigenvalue weighted by molar-refractivity contribution is 0.0717. The van der Waals surface area contributed by atoms with Crippen LogP contribution in [-0.2, 0) is 0 Å². The van der Waals surface area contributed by atoms with Crippen molar-refractivity contribution in [1.29, 1.82) is 0 Å². The fourth-order valence-corrected chi connectivity index (χ4v) is 3.12.